The van der Waals surface area contributed by atoms with Gasteiger partial charge < -0.3 is 10.5 Å². The number of nitrogen functional groups attached to an aromatic ring is 1. The highest BCUT2D eigenvalue weighted by Crippen LogP contribution is 2.31. The van der Waals surface area contributed by atoms with E-state index in [9.17, 15) is 4.79 Å². The Morgan fingerprint density at radius 2 is 2.30 bits per heavy atom. The molecule has 5 nitrogen and oxygen atoms in total. The van der Waals surface area contributed by atoms with Gasteiger partial charge in [-0.1, -0.05) is 6.07 Å². The molecule has 104 valence electrons. The molecule has 1 amide bonds. The predicted molar refractivity (Wildman–Crippen MR) is 79.5 cm³/mol. The van der Waals surface area contributed by atoms with Crippen LogP contribution in [-0.4, -0.2) is 18.0 Å². The Morgan fingerprint density at radius 3 is 3.05 bits per heavy atom. The molecule has 0 atom stereocenters. The van der Waals surface area contributed by atoms with E-state index in [4.69, 9.17) is 10.5 Å². The molecular formula is C14H15N3O2S. The molecule has 0 aliphatic heterocycles. The largest absolute Gasteiger partial charge is 0.495 e. The third-order valence-corrected chi connectivity index (χ3v) is 4.42. The van der Waals surface area contributed by atoms with Gasteiger partial charge in [0.05, 0.1) is 24.1 Å². The third-order valence-electron chi connectivity index (χ3n) is 3.35. The number of rotatable bonds is 3. The van der Waals surface area contributed by atoms with Crippen molar-refractivity contribution in [2.45, 2.75) is 19.3 Å². The molecule has 0 saturated heterocycles. The van der Waals surface area contributed by atoms with Crippen LogP contribution in [0.4, 0.5) is 10.8 Å². The van der Waals surface area contributed by atoms with Crippen LogP contribution in [0, 0.1) is 0 Å². The molecule has 3 rings (SSSR count). The number of fused-ring (bicyclic) bond motifs is 1. The first-order valence-corrected chi connectivity index (χ1v) is 7.23. The maximum atomic E-state index is 12.2. The first-order valence-electron chi connectivity index (χ1n) is 6.41. The molecule has 1 aliphatic carbocycles. The first kappa shape index (κ1) is 12.9. The van der Waals surface area contributed by atoms with E-state index in [0.717, 1.165) is 25.0 Å². The Kier molecular flexibility index (Phi) is 3.31. The molecule has 0 saturated carbocycles. The molecule has 0 radical (unpaired) electrons. The van der Waals surface area contributed by atoms with Crippen molar-refractivity contribution in [3.8, 4) is 5.75 Å². The van der Waals surface area contributed by atoms with Crippen molar-refractivity contribution in [1.29, 1.82) is 0 Å². The molecule has 0 spiro atoms. The molecule has 2 aromatic rings. The maximum absolute atomic E-state index is 12.2. The third kappa shape index (κ3) is 2.22. The summed E-state index contributed by atoms with van der Waals surface area (Å²) in [5.41, 5.74) is 7.78. The summed E-state index contributed by atoms with van der Waals surface area (Å²) in [5.74, 6) is 0.244. The van der Waals surface area contributed by atoms with Gasteiger partial charge in [-0.2, -0.15) is 0 Å². The smallest absolute Gasteiger partial charge is 0.259 e. The zero-order chi connectivity index (χ0) is 14.1. The quantitative estimate of drug-likeness (QED) is 0.851. The van der Waals surface area contributed by atoms with Crippen molar-refractivity contribution in [3.63, 3.8) is 0 Å². The number of nitrogens with one attached hydrogen (secondary N) is 1. The fourth-order valence-corrected chi connectivity index (χ4v) is 3.37. The van der Waals surface area contributed by atoms with Crippen LogP contribution in [0.5, 0.6) is 5.75 Å². The van der Waals surface area contributed by atoms with E-state index < -0.39 is 0 Å². The van der Waals surface area contributed by atoms with Crippen LogP contribution in [0.3, 0.4) is 0 Å². The summed E-state index contributed by atoms with van der Waals surface area (Å²) < 4.78 is 5.12. The van der Waals surface area contributed by atoms with E-state index in [1.807, 2.05) is 0 Å². The topological polar surface area (TPSA) is 77.2 Å². The average Bonchev–Trinajstić information content (AvgIpc) is 2.99. The van der Waals surface area contributed by atoms with E-state index >= 15 is 0 Å². The van der Waals surface area contributed by atoms with Crippen molar-refractivity contribution in [2.24, 2.45) is 0 Å². The van der Waals surface area contributed by atoms with Gasteiger partial charge in [-0.15, -0.1) is 11.3 Å². The number of anilines is 2. The van der Waals surface area contributed by atoms with Crippen LogP contribution >= 0.6 is 11.3 Å². The van der Waals surface area contributed by atoms with Crippen LogP contribution in [0.25, 0.3) is 0 Å². The van der Waals surface area contributed by atoms with E-state index in [2.05, 4.69) is 10.3 Å². The van der Waals surface area contributed by atoms with E-state index in [0.29, 0.717) is 22.1 Å². The highest BCUT2D eigenvalue weighted by molar-refractivity contribution is 7.16. The second kappa shape index (κ2) is 5.13. The van der Waals surface area contributed by atoms with Crippen LogP contribution in [0.1, 0.15) is 27.3 Å². The van der Waals surface area contributed by atoms with Crippen molar-refractivity contribution in [3.05, 3.63) is 34.3 Å². The van der Waals surface area contributed by atoms with Gasteiger partial charge in [-0.25, -0.2) is 4.98 Å². The number of carbonyl (C=O) groups excluding carboxylic acids is 1. The van der Waals surface area contributed by atoms with Gasteiger partial charge in [-0.3, -0.25) is 10.1 Å². The second-order valence-corrected chi connectivity index (χ2v) is 5.70. The fraction of sp³-hybridized carbons (Fsp3) is 0.286. The Hall–Kier alpha value is -2.08. The normalized spacial score (nSPS) is 13.1. The summed E-state index contributed by atoms with van der Waals surface area (Å²) in [4.78, 5) is 18.0. The lowest BCUT2D eigenvalue weighted by atomic mass is 10.1. The number of carbonyl (C=O) groups is 1. The molecule has 0 bridgehead atoms. The minimum absolute atomic E-state index is 0.256. The number of hydrogen-bond donors (Lipinski definition) is 2. The molecule has 1 aliphatic rings. The molecule has 1 heterocycles. The van der Waals surface area contributed by atoms with E-state index in [1.165, 1.54) is 12.0 Å². The Labute approximate surface area is 120 Å². The molecule has 6 heteroatoms. The number of amides is 1. The van der Waals surface area contributed by atoms with Gasteiger partial charge >= 0.3 is 0 Å². The monoisotopic (exact) mass is 289 g/mol. The number of para-hydroxylation sites is 1. The van der Waals surface area contributed by atoms with E-state index in [-0.39, 0.29) is 5.91 Å². The second-order valence-electron chi connectivity index (χ2n) is 4.62. The summed E-state index contributed by atoms with van der Waals surface area (Å²) in [6, 6.07) is 5.14. The number of benzene rings is 1. The predicted octanol–water partition coefficient (Wildman–Crippen LogP) is 2.47. The summed E-state index contributed by atoms with van der Waals surface area (Å²) in [5, 5.41) is 3.45. The molecule has 3 N–H and O–H groups in total. The van der Waals surface area contributed by atoms with Crippen LogP contribution in [-0.2, 0) is 12.8 Å². The minimum atomic E-state index is -0.256. The minimum Gasteiger partial charge on any atom is -0.495 e. The van der Waals surface area contributed by atoms with E-state index in [1.54, 1.807) is 29.5 Å². The molecule has 0 unspecified atom stereocenters. The number of hydrogen-bond acceptors (Lipinski definition) is 5. The number of nitrogens with two attached hydrogens (primary N) is 1. The van der Waals surface area contributed by atoms with Crippen molar-refractivity contribution < 1.29 is 9.53 Å². The summed E-state index contributed by atoms with van der Waals surface area (Å²) in [6.45, 7) is 0. The average molecular weight is 289 g/mol. The number of methoxy groups -OCH3 is 1. The Balaban J connectivity index is 1.82. The molecule has 1 aromatic heterocycles. The highest BCUT2D eigenvalue weighted by Gasteiger charge is 2.19. The lowest BCUT2D eigenvalue weighted by Gasteiger charge is -2.09. The van der Waals surface area contributed by atoms with Crippen molar-refractivity contribution in [1.82, 2.24) is 4.98 Å². The number of nitrogens with zero attached hydrogens (tertiary/aromatic N) is 1. The molecule has 20 heavy (non-hydrogen) atoms. The van der Waals surface area contributed by atoms with Gasteiger partial charge in [0, 0.05) is 4.88 Å². The lowest BCUT2D eigenvalue weighted by Crippen LogP contribution is -2.14. The summed E-state index contributed by atoms with van der Waals surface area (Å²) >= 11 is 1.55. The van der Waals surface area contributed by atoms with Crippen molar-refractivity contribution >= 4 is 28.1 Å². The zero-order valence-corrected chi connectivity index (χ0v) is 11.9. The number of thiazole rings is 1. The maximum Gasteiger partial charge on any atom is 0.259 e. The van der Waals surface area contributed by atoms with Gasteiger partial charge in [-0.05, 0) is 31.4 Å². The number of aryl methyl sites for hydroxylation is 2. The van der Waals surface area contributed by atoms with Crippen molar-refractivity contribution in [2.75, 3.05) is 18.2 Å². The number of aromatic nitrogens is 1. The highest BCUT2D eigenvalue weighted by atomic mass is 32.1. The van der Waals surface area contributed by atoms with Crippen LogP contribution in [0.15, 0.2) is 18.2 Å². The van der Waals surface area contributed by atoms with Gasteiger partial charge in [0.2, 0.25) is 0 Å². The summed E-state index contributed by atoms with van der Waals surface area (Å²) in [6.07, 6.45) is 3.22. The Morgan fingerprint density at radius 1 is 1.45 bits per heavy atom. The van der Waals surface area contributed by atoms with Crippen LogP contribution in [0.2, 0.25) is 0 Å². The number of ether oxygens (including phenoxy) is 1. The van der Waals surface area contributed by atoms with Gasteiger partial charge in [0.25, 0.3) is 5.91 Å². The first-order chi connectivity index (χ1) is 9.69. The van der Waals surface area contributed by atoms with Gasteiger partial charge in [0.1, 0.15) is 5.75 Å². The molecule has 1 aromatic carbocycles. The summed E-state index contributed by atoms with van der Waals surface area (Å²) in [7, 11) is 1.53. The standard InChI is InChI=1S/C14H15N3O2S/c1-19-10-6-2-4-8(12(10)15)13(18)17-14-16-9-5-3-7-11(9)20-14/h2,4,6H,3,5,7,15H2,1H3,(H,16,17,18). The SMILES string of the molecule is COc1cccc(C(=O)Nc2nc3c(s2)CCC3)c1N. The lowest BCUT2D eigenvalue weighted by molar-refractivity contribution is 0.102. The molecule has 0 fully saturated rings. The Bertz CT molecular complexity index is 645. The zero-order valence-electron chi connectivity index (χ0n) is 11.1. The molecular weight excluding hydrogens is 274 g/mol. The fourth-order valence-electron chi connectivity index (χ4n) is 2.33. The van der Waals surface area contributed by atoms with Crippen LogP contribution < -0.4 is 15.8 Å². The van der Waals surface area contributed by atoms with Gasteiger partial charge in [0.15, 0.2) is 5.13 Å².